The molecule has 2 heterocycles. The van der Waals surface area contributed by atoms with Gasteiger partial charge in [0.05, 0.1) is 24.7 Å². The maximum Gasteiger partial charge on any atom is 0.254 e. The van der Waals surface area contributed by atoms with Crippen LogP contribution in [0, 0.1) is 0 Å². The van der Waals surface area contributed by atoms with E-state index in [1.54, 1.807) is 0 Å². The Balaban J connectivity index is 1.80. The summed E-state index contributed by atoms with van der Waals surface area (Å²) >= 11 is 0. The zero-order chi connectivity index (χ0) is 18.9. The maximum absolute atomic E-state index is 13.7. The summed E-state index contributed by atoms with van der Waals surface area (Å²) in [6.45, 7) is 5.40. The lowest BCUT2D eigenvalue weighted by atomic mass is 9.70. The van der Waals surface area contributed by atoms with Gasteiger partial charge < -0.3 is 14.5 Å². The summed E-state index contributed by atoms with van der Waals surface area (Å²) in [6, 6.07) is 7.79. The van der Waals surface area contributed by atoms with E-state index in [0.29, 0.717) is 26.3 Å². The zero-order valence-electron chi connectivity index (χ0n) is 16.3. The average molecular weight is 370 g/mol. The van der Waals surface area contributed by atoms with Crippen molar-refractivity contribution >= 4 is 11.8 Å². The number of amides is 2. The van der Waals surface area contributed by atoms with Crippen molar-refractivity contribution < 1.29 is 14.3 Å². The number of nitrogens with zero attached hydrogens (tertiary/aromatic N) is 2. The fourth-order valence-electron chi connectivity index (χ4n) is 5.25. The van der Waals surface area contributed by atoms with E-state index in [0.717, 1.165) is 56.2 Å². The van der Waals surface area contributed by atoms with Gasteiger partial charge in [-0.15, -0.1) is 0 Å². The molecule has 2 amide bonds. The predicted octanol–water partition coefficient (Wildman–Crippen LogP) is 3.20. The molecular weight excluding hydrogens is 340 g/mol. The fraction of sp³-hybridized carbons (Fsp3) is 0.636. The van der Waals surface area contributed by atoms with Crippen LogP contribution in [0.25, 0.3) is 0 Å². The van der Waals surface area contributed by atoms with Gasteiger partial charge in [0, 0.05) is 25.2 Å². The molecule has 2 aliphatic heterocycles. The molecule has 1 aromatic rings. The highest BCUT2D eigenvalue weighted by Gasteiger charge is 2.56. The van der Waals surface area contributed by atoms with Crippen LogP contribution in [0.15, 0.2) is 24.3 Å². The van der Waals surface area contributed by atoms with E-state index in [-0.39, 0.29) is 23.3 Å². The lowest BCUT2D eigenvalue weighted by Crippen LogP contribution is -2.61. The molecule has 0 bridgehead atoms. The topological polar surface area (TPSA) is 49.9 Å². The van der Waals surface area contributed by atoms with E-state index in [4.69, 9.17) is 4.74 Å². The summed E-state index contributed by atoms with van der Waals surface area (Å²) in [6.07, 6.45) is 6.06. The first-order chi connectivity index (χ1) is 13.2. The molecule has 2 fully saturated rings. The second-order valence-corrected chi connectivity index (χ2v) is 8.08. The highest BCUT2D eigenvalue weighted by molar-refractivity contribution is 6.02. The third kappa shape index (κ3) is 3.06. The van der Waals surface area contributed by atoms with Crippen LogP contribution < -0.4 is 0 Å². The molecule has 5 heteroatoms. The van der Waals surface area contributed by atoms with Crippen LogP contribution in [0.3, 0.4) is 0 Å². The molecule has 1 saturated carbocycles. The molecule has 5 nitrogen and oxygen atoms in total. The molecule has 0 N–H and O–H groups in total. The number of ether oxygens (including phenoxy) is 1. The monoisotopic (exact) mass is 370 g/mol. The van der Waals surface area contributed by atoms with Crippen molar-refractivity contribution in [3.8, 4) is 0 Å². The van der Waals surface area contributed by atoms with Gasteiger partial charge >= 0.3 is 0 Å². The third-order valence-electron chi connectivity index (χ3n) is 6.60. The lowest BCUT2D eigenvalue weighted by molar-refractivity contribution is -0.141. The second-order valence-electron chi connectivity index (χ2n) is 8.08. The Morgan fingerprint density at radius 3 is 2.59 bits per heavy atom. The van der Waals surface area contributed by atoms with Crippen LogP contribution >= 0.6 is 0 Å². The van der Waals surface area contributed by atoms with Crippen molar-refractivity contribution in [1.82, 2.24) is 9.80 Å². The summed E-state index contributed by atoms with van der Waals surface area (Å²) < 4.78 is 5.46. The standard InChI is InChI=1S/C22H30N2O3/c1-2-3-12-24-20(25)18-9-5-4-8-17(18)19(22(24)10-6-7-11-22)21(26)23-13-15-27-16-14-23/h4-5,8-9,19H,2-3,6-7,10-16H2,1H3/t19-/m0/s1. The molecule has 1 saturated heterocycles. The summed E-state index contributed by atoms with van der Waals surface area (Å²) in [5.74, 6) is 0.0532. The van der Waals surface area contributed by atoms with E-state index >= 15 is 0 Å². The normalized spacial score (nSPS) is 24.3. The number of rotatable bonds is 4. The largest absolute Gasteiger partial charge is 0.378 e. The first kappa shape index (κ1) is 18.5. The fourth-order valence-corrected chi connectivity index (χ4v) is 5.25. The minimum atomic E-state index is -0.351. The first-order valence-electron chi connectivity index (χ1n) is 10.5. The van der Waals surface area contributed by atoms with E-state index in [9.17, 15) is 9.59 Å². The van der Waals surface area contributed by atoms with Crippen molar-refractivity contribution in [2.24, 2.45) is 0 Å². The van der Waals surface area contributed by atoms with Gasteiger partial charge in [-0.2, -0.15) is 0 Å². The number of carbonyl (C=O) groups excluding carboxylic acids is 2. The van der Waals surface area contributed by atoms with Crippen LogP contribution in [-0.2, 0) is 9.53 Å². The van der Waals surface area contributed by atoms with E-state index < -0.39 is 0 Å². The Labute approximate surface area is 161 Å². The summed E-state index contributed by atoms with van der Waals surface area (Å²) in [5.41, 5.74) is 1.31. The molecule has 1 aromatic carbocycles. The molecule has 0 radical (unpaired) electrons. The van der Waals surface area contributed by atoms with Crippen molar-refractivity contribution in [3.63, 3.8) is 0 Å². The van der Waals surface area contributed by atoms with E-state index in [1.165, 1.54) is 0 Å². The molecule has 3 aliphatic rings. The van der Waals surface area contributed by atoms with Crippen molar-refractivity contribution in [3.05, 3.63) is 35.4 Å². The number of fused-ring (bicyclic) bond motifs is 1. The molecule has 1 atom stereocenters. The highest BCUT2D eigenvalue weighted by atomic mass is 16.5. The van der Waals surface area contributed by atoms with Crippen LogP contribution in [-0.4, -0.2) is 60.0 Å². The molecule has 27 heavy (non-hydrogen) atoms. The van der Waals surface area contributed by atoms with Crippen molar-refractivity contribution in [1.29, 1.82) is 0 Å². The number of hydrogen-bond acceptors (Lipinski definition) is 3. The molecule has 0 aromatic heterocycles. The van der Waals surface area contributed by atoms with Crippen LogP contribution in [0.1, 0.15) is 67.3 Å². The molecule has 146 valence electrons. The van der Waals surface area contributed by atoms with Crippen molar-refractivity contribution in [2.75, 3.05) is 32.8 Å². The Morgan fingerprint density at radius 1 is 1.19 bits per heavy atom. The van der Waals surface area contributed by atoms with Crippen LogP contribution in [0.4, 0.5) is 0 Å². The van der Waals surface area contributed by atoms with Gasteiger partial charge in [0.2, 0.25) is 5.91 Å². The van der Waals surface area contributed by atoms with E-state index in [2.05, 4.69) is 11.8 Å². The second kappa shape index (κ2) is 7.63. The summed E-state index contributed by atoms with van der Waals surface area (Å²) in [7, 11) is 0. The smallest absolute Gasteiger partial charge is 0.254 e. The molecule has 4 rings (SSSR count). The third-order valence-corrected chi connectivity index (χ3v) is 6.60. The maximum atomic E-state index is 13.7. The minimum absolute atomic E-state index is 0.118. The molecule has 1 aliphatic carbocycles. The number of benzene rings is 1. The minimum Gasteiger partial charge on any atom is -0.378 e. The first-order valence-corrected chi connectivity index (χ1v) is 10.5. The molecule has 0 unspecified atom stereocenters. The Bertz CT molecular complexity index is 705. The van der Waals surface area contributed by atoms with Gasteiger partial charge in [0.1, 0.15) is 0 Å². The highest BCUT2D eigenvalue weighted by Crippen LogP contribution is 2.51. The summed E-state index contributed by atoms with van der Waals surface area (Å²) in [4.78, 5) is 31.2. The van der Waals surface area contributed by atoms with Gasteiger partial charge in [0.15, 0.2) is 0 Å². The number of hydrogen-bond donors (Lipinski definition) is 0. The Kier molecular flexibility index (Phi) is 5.22. The predicted molar refractivity (Wildman–Crippen MR) is 104 cm³/mol. The molecular formula is C22H30N2O3. The van der Waals surface area contributed by atoms with Gasteiger partial charge in [0.25, 0.3) is 5.91 Å². The van der Waals surface area contributed by atoms with Gasteiger partial charge in [-0.1, -0.05) is 44.4 Å². The average Bonchev–Trinajstić information content (AvgIpc) is 3.18. The van der Waals surface area contributed by atoms with Gasteiger partial charge in [-0.05, 0) is 30.9 Å². The molecule has 1 spiro atoms. The Hall–Kier alpha value is -1.88. The van der Waals surface area contributed by atoms with Crippen LogP contribution in [0.2, 0.25) is 0 Å². The van der Waals surface area contributed by atoms with Gasteiger partial charge in [-0.25, -0.2) is 0 Å². The SMILES string of the molecule is CCCCN1C(=O)c2ccccc2[C@@H](C(=O)N2CCOCC2)C12CCCC2. The van der Waals surface area contributed by atoms with Gasteiger partial charge in [-0.3, -0.25) is 9.59 Å². The lowest BCUT2D eigenvalue weighted by Gasteiger charge is -2.51. The Morgan fingerprint density at radius 2 is 1.89 bits per heavy atom. The number of carbonyl (C=O) groups is 2. The number of morpholine rings is 1. The van der Waals surface area contributed by atoms with E-state index in [1.807, 2.05) is 29.2 Å². The van der Waals surface area contributed by atoms with Crippen LogP contribution in [0.5, 0.6) is 0 Å². The number of unbranched alkanes of at least 4 members (excludes halogenated alkanes) is 1. The summed E-state index contributed by atoms with van der Waals surface area (Å²) in [5, 5.41) is 0. The van der Waals surface area contributed by atoms with Crippen molar-refractivity contribution in [2.45, 2.75) is 56.9 Å². The quantitative estimate of drug-likeness (QED) is 0.818. The zero-order valence-corrected chi connectivity index (χ0v) is 16.3.